The first kappa shape index (κ1) is 22.3. The summed E-state index contributed by atoms with van der Waals surface area (Å²) in [6.07, 6.45) is 0. The van der Waals surface area contributed by atoms with E-state index in [9.17, 15) is 19.1 Å². The Hall–Kier alpha value is -3.55. The molecule has 1 aliphatic rings. The number of rotatable bonds is 3. The predicted molar refractivity (Wildman–Crippen MR) is 132 cm³/mol. The van der Waals surface area contributed by atoms with Crippen molar-refractivity contribution in [2.45, 2.75) is 19.9 Å². The largest absolute Gasteiger partial charge is 0.507 e. The van der Waals surface area contributed by atoms with Gasteiger partial charge in [0, 0.05) is 10.6 Å². The lowest BCUT2D eigenvalue weighted by molar-refractivity contribution is -0.132. The van der Waals surface area contributed by atoms with E-state index in [4.69, 9.17) is 11.6 Å². The van der Waals surface area contributed by atoms with E-state index in [0.717, 1.165) is 21.3 Å². The highest BCUT2D eigenvalue weighted by atomic mass is 35.5. The van der Waals surface area contributed by atoms with Crippen LogP contribution in [0.15, 0.2) is 66.2 Å². The molecule has 1 N–H and O–H groups in total. The van der Waals surface area contributed by atoms with Crippen LogP contribution in [0.5, 0.6) is 0 Å². The minimum absolute atomic E-state index is 0.0916. The highest BCUT2D eigenvalue weighted by Gasteiger charge is 2.48. The number of hydrogen-bond acceptors (Lipinski definition) is 5. The Morgan fingerprint density at radius 3 is 2.41 bits per heavy atom. The monoisotopic (exact) mass is 492 g/mol. The molecule has 2 heterocycles. The standard InChI is InChI=1S/C26H18ClFN2O3S/c1-13-11-14(2)21-19(12-13)34-26(29-21)30-22(15-3-7-17(27)8-4-15)20(24(32)25(30)33)23(31)16-5-9-18(28)10-6-16/h3-12,22,31H,1-2H3/b23-20+/t22-/m1/s1. The van der Waals surface area contributed by atoms with Gasteiger partial charge < -0.3 is 5.11 Å². The number of Topliss-reactive ketones (excluding diaryl/α,β-unsaturated/α-hetero) is 1. The van der Waals surface area contributed by atoms with Gasteiger partial charge in [0.25, 0.3) is 5.78 Å². The van der Waals surface area contributed by atoms with Crippen LogP contribution in [-0.4, -0.2) is 21.8 Å². The third kappa shape index (κ3) is 3.67. The number of nitrogens with zero attached hydrogens (tertiary/aromatic N) is 2. The molecule has 0 unspecified atom stereocenters. The van der Waals surface area contributed by atoms with Gasteiger partial charge in [0.1, 0.15) is 11.6 Å². The fourth-order valence-electron chi connectivity index (χ4n) is 4.22. The SMILES string of the molecule is Cc1cc(C)c2nc(N3C(=O)C(=O)/C(=C(/O)c4ccc(F)cc4)[C@H]3c3ccc(Cl)cc3)sc2c1. The molecule has 1 aliphatic heterocycles. The third-order valence-corrected chi connectivity index (χ3v) is 7.03. The Morgan fingerprint density at radius 2 is 1.74 bits per heavy atom. The molecule has 1 amide bonds. The molecular weight excluding hydrogens is 475 g/mol. The summed E-state index contributed by atoms with van der Waals surface area (Å²) in [7, 11) is 0. The first-order valence-electron chi connectivity index (χ1n) is 10.4. The quantitative estimate of drug-likeness (QED) is 0.206. The summed E-state index contributed by atoms with van der Waals surface area (Å²) >= 11 is 7.37. The van der Waals surface area contributed by atoms with Gasteiger partial charge in [0.2, 0.25) is 0 Å². The number of carbonyl (C=O) groups is 2. The second-order valence-electron chi connectivity index (χ2n) is 8.15. The molecule has 5 nitrogen and oxygen atoms in total. The summed E-state index contributed by atoms with van der Waals surface area (Å²) in [5, 5.41) is 11.9. The zero-order valence-corrected chi connectivity index (χ0v) is 19.7. The van der Waals surface area contributed by atoms with E-state index in [1.165, 1.54) is 40.5 Å². The molecule has 1 saturated heterocycles. The van der Waals surface area contributed by atoms with E-state index in [1.54, 1.807) is 24.3 Å². The number of ketones is 1. The number of aromatic nitrogens is 1. The molecule has 5 rings (SSSR count). The van der Waals surface area contributed by atoms with Crippen molar-refractivity contribution < 1.29 is 19.1 Å². The van der Waals surface area contributed by atoms with E-state index in [-0.39, 0.29) is 16.9 Å². The van der Waals surface area contributed by atoms with Gasteiger partial charge in [-0.1, -0.05) is 41.1 Å². The fraction of sp³-hybridized carbons (Fsp3) is 0.115. The van der Waals surface area contributed by atoms with Crippen molar-refractivity contribution in [3.05, 3.63) is 99.3 Å². The molecule has 0 spiro atoms. The molecule has 1 atom stereocenters. The van der Waals surface area contributed by atoms with Gasteiger partial charge in [0.05, 0.1) is 21.8 Å². The molecule has 0 aliphatic carbocycles. The predicted octanol–water partition coefficient (Wildman–Crippen LogP) is 6.33. The van der Waals surface area contributed by atoms with Crippen molar-refractivity contribution in [1.29, 1.82) is 0 Å². The molecule has 8 heteroatoms. The van der Waals surface area contributed by atoms with Crippen LogP contribution in [0.25, 0.3) is 16.0 Å². The lowest BCUT2D eigenvalue weighted by atomic mass is 9.95. The molecule has 0 bridgehead atoms. The molecule has 34 heavy (non-hydrogen) atoms. The molecule has 0 saturated carbocycles. The van der Waals surface area contributed by atoms with Crippen LogP contribution >= 0.6 is 22.9 Å². The van der Waals surface area contributed by atoms with Gasteiger partial charge in [-0.25, -0.2) is 9.37 Å². The van der Waals surface area contributed by atoms with Crippen LogP contribution in [0, 0.1) is 19.7 Å². The van der Waals surface area contributed by atoms with Crippen molar-refractivity contribution >= 4 is 55.7 Å². The second-order valence-corrected chi connectivity index (χ2v) is 9.60. The number of hydrogen-bond donors (Lipinski definition) is 1. The summed E-state index contributed by atoms with van der Waals surface area (Å²) in [6.45, 7) is 3.92. The van der Waals surface area contributed by atoms with Gasteiger partial charge in [0.15, 0.2) is 5.13 Å². The van der Waals surface area contributed by atoms with Crippen molar-refractivity contribution in [2.75, 3.05) is 4.90 Å². The van der Waals surface area contributed by atoms with E-state index in [0.29, 0.717) is 15.7 Å². The number of benzene rings is 3. The summed E-state index contributed by atoms with van der Waals surface area (Å²) in [5.74, 6) is -2.49. The number of anilines is 1. The van der Waals surface area contributed by atoms with E-state index >= 15 is 0 Å². The van der Waals surface area contributed by atoms with Crippen molar-refractivity contribution in [3.63, 3.8) is 0 Å². The maximum Gasteiger partial charge on any atom is 0.301 e. The zero-order chi connectivity index (χ0) is 24.1. The number of amides is 1. The number of aryl methyl sites for hydroxylation is 2. The maximum absolute atomic E-state index is 13.4. The van der Waals surface area contributed by atoms with E-state index < -0.39 is 23.5 Å². The van der Waals surface area contributed by atoms with Crippen molar-refractivity contribution in [1.82, 2.24) is 4.98 Å². The third-order valence-electron chi connectivity index (χ3n) is 5.77. The van der Waals surface area contributed by atoms with Crippen molar-refractivity contribution in [2.24, 2.45) is 0 Å². The average molecular weight is 493 g/mol. The van der Waals surface area contributed by atoms with Crippen LogP contribution in [0.2, 0.25) is 5.02 Å². The summed E-state index contributed by atoms with van der Waals surface area (Å²) < 4.78 is 14.3. The smallest absolute Gasteiger partial charge is 0.301 e. The lowest BCUT2D eigenvalue weighted by Crippen LogP contribution is -2.29. The Kier molecular flexibility index (Phi) is 5.46. The Bertz CT molecular complexity index is 1490. The normalized spacial score (nSPS) is 17.6. The molecule has 1 fully saturated rings. The van der Waals surface area contributed by atoms with Crippen LogP contribution in [0.3, 0.4) is 0 Å². The van der Waals surface area contributed by atoms with Gasteiger partial charge in [-0.3, -0.25) is 14.5 Å². The maximum atomic E-state index is 13.4. The van der Waals surface area contributed by atoms with Crippen LogP contribution < -0.4 is 4.90 Å². The number of aliphatic hydroxyl groups excluding tert-OH is 1. The first-order valence-corrected chi connectivity index (χ1v) is 11.6. The zero-order valence-electron chi connectivity index (χ0n) is 18.2. The lowest BCUT2D eigenvalue weighted by Gasteiger charge is -2.23. The van der Waals surface area contributed by atoms with Gasteiger partial charge in [-0.05, 0) is 73.0 Å². The topological polar surface area (TPSA) is 70.5 Å². The summed E-state index contributed by atoms with van der Waals surface area (Å²) in [5.41, 5.74) is 3.50. The Labute approximate surface area is 203 Å². The fourth-order valence-corrected chi connectivity index (χ4v) is 5.51. The van der Waals surface area contributed by atoms with Gasteiger partial charge >= 0.3 is 5.91 Å². The average Bonchev–Trinajstić information content (AvgIpc) is 3.33. The molecule has 4 aromatic rings. The van der Waals surface area contributed by atoms with Crippen LogP contribution in [0.1, 0.15) is 28.3 Å². The number of carbonyl (C=O) groups excluding carboxylic acids is 2. The van der Waals surface area contributed by atoms with Gasteiger partial charge in [-0.2, -0.15) is 0 Å². The number of thiazole rings is 1. The minimum atomic E-state index is -0.927. The highest BCUT2D eigenvalue weighted by molar-refractivity contribution is 7.22. The van der Waals surface area contributed by atoms with Crippen molar-refractivity contribution in [3.8, 4) is 0 Å². The summed E-state index contributed by atoms with van der Waals surface area (Å²) in [4.78, 5) is 32.5. The molecule has 0 radical (unpaired) electrons. The highest BCUT2D eigenvalue weighted by Crippen LogP contribution is 2.44. The number of aliphatic hydroxyl groups is 1. The number of halogens is 2. The van der Waals surface area contributed by atoms with Gasteiger partial charge in [-0.15, -0.1) is 0 Å². The molecular formula is C26H18ClFN2O3S. The summed E-state index contributed by atoms with van der Waals surface area (Å²) in [6, 6.07) is 14.9. The minimum Gasteiger partial charge on any atom is -0.507 e. The first-order chi connectivity index (χ1) is 16.2. The van der Waals surface area contributed by atoms with Crippen LogP contribution in [0.4, 0.5) is 9.52 Å². The Morgan fingerprint density at radius 1 is 1.06 bits per heavy atom. The van der Waals surface area contributed by atoms with E-state index in [2.05, 4.69) is 4.98 Å². The number of fused-ring (bicyclic) bond motifs is 1. The van der Waals surface area contributed by atoms with Crippen LogP contribution in [-0.2, 0) is 9.59 Å². The molecule has 1 aromatic heterocycles. The van der Waals surface area contributed by atoms with E-state index in [1.807, 2.05) is 26.0 Å². The molecule has 170 valence electrons. The Balaban J connectivity index is 1.74. The molecule has 3 aromatic carbocycles. The second kappa shape index (κ2) is 8.34.